The maximum Gasteiger partial charge on any atom is 0.144 e. The first-order chi connectivity index (χ1) is 10.3. The number of rotatable bonds is 2. The molecule has 1 aliphatic rings. The van der Waals surface area contributed by atoms with Crippen LogP contribution >= 0.6 is 11.6 Å². The SMILES string of the molecule is N#Cc1cccnc1NC1CCCOc2cc(Cl)ccc21. The molecular weight excluding hydrogens is 286 g/mol. The molecule has 1 atom stereocenters. The Balaban J connectivity index is 1.94. The first-order valence-corrected chi connectivity index (χ1v) is 7.19. The van der Waals surface area contributed by atoms with E-state index in [1.807, 2.05) is 18.2 Å². The van der Waals surface area contributed by atoms with Gasteiger partial charge in [-0.05, 0) is 37.1 Å². The second kappa shape index (κ2) is 6.02. The fourth-order valence-corrected chi connectivity index (χ4v) is 2.63. The predicted octanol–water partition coefficient (Wildman–Crippen LogP) is 3.93. The molecule has 0 amide bonds. The van der Waals surface area contributed by atoms with Crippen LogP contribution in [0.5, 0.6) is 5.75 Å². The molecule has 1 unspecified atom stereocenters. The summed E-state index contributed by atoms with van der Waals surface area (Å²) in [6.07, 6.45) is 3.52. The van der Waals surface area contributed by atoms with Crippen LogP contribution in [0.1, 0.15) is 30.0 Å². The molecule has 1 aliphatic heterocycles. The molecule has 0 saturated carbocycles. The number of halogens is 1. The maximum absolute atomic E-state index is 9.16. The van der Waals surface area contributed by atoms with Gasteiger partial charge in [-0.2, -0.15) is 5.26 Å². The molecule has 21 heavy (non-hydrogen) atoms. The summed E-state index contributed by atoms with van der Waals surface area (Å²) in [5, 5.41) is 13.2. The fourth-order valence-electron chi connectivity index (χ4n) is 2.47. The number of ether oxygens (including phenoxy) is 1. The van der Waals surface area contributed by atoms with Crippen LogP contribution in [-0.2, 0) is 0 Å². The van der Waals surface area contributed by atoms with Crippen LogP contribution in [-0.4, -0.2) is 11.6 Å². The number of nitrogens with zero attached hydrogens (tertiary/aromatic N) is 2. The normalized spacial score (nSPS) is 17.0. The summed E-state index contributed by atoms with van der Waals surface area (Å²) in [5.74, 6) is 1.40. The van der Waals surface area contributed by atoms with Gasteiger partial charge in [-0.15, -0.1) is 0 Å². The second-order valence-electron chi connectivity index (χ2n) is 4.88. The van der Waals surface area contributed by atoms with Crippen molar-refractivity contribution in [1.82, 2.24) is 4.98 Å². The second-order valence-corrected chi connectivity index (χ2v) is 5.32. The van der Waals surface area contributed by atoms with Gasteiger partial charge in [-0.3, -0.25) is 0 Å². The third-order valence-electron chi connectivity index (χ3n) is 3.48. The average Bonchev–Trinajstić information content (AvgIpc) is 2.70. The Hall–Kier alpha value is -2.25. The lowest BCUT2D eigenvalue weighted by Gasteiger charge is -2.19. The van der Waals surface area contributed by atoms with Crippen molar-refractivity contribution >= 4 is 17.4 Å². The molecule has 0 saturated heterocycles. The molecule has 106 valence electrons. The summed E-state index contributed by atoms with van der Waals surface area (Å²) in [4.78, 5) is 4.26. The van der Waals surface area contributed by atoms with Crippen molar-refractivity contribution in [2.75, 3.05) is 11.9 Å². The Morgan fingerprint density at radius 3 is 3.14 bits per heavy atom. The zero-order chi connectivity index (χ0) is 14.7. The van der Waals surface area contributed by atoms with E-state index in [1.165, 1.54) is 0 Å². The Labute approximate surface area is 128 Å². The molecule has 5 heteroatoms. The minimum atomic E-state index is 0.0572. The van der Waals surface area contributed by atoms with Crippen molar-refractivity contribution in [3.8, 4) is 11.8 Å². The van der Waals surface area contributed by atoms with Gasteiger partial charge in [0.1, 0.15) is 17.6 Å². The van der Waals surface area contributed by atoms with Crippen LogP contribution in [0.15, 0.2) is 36.5 Å². The van der Waals surface area contributed by atoms with Gasteiger partial charge in [-0.25, -0.2) is 4.98 Å². The van der Waals surface area contributed by atoms with E-state index in [1.54, 1.807) is 18.3 Å². The first kappa shape index (κ1) is 13.7. The molecule has 4 nitrogen and oxygen atoms in total. The van der Waals surface area contributed by atoms with Gasteiger partial charge in [-0.1, -0.05) is 17.7 Å². The molecule has 0 spiro atoms. The summed E-state index contributed by atoms with van der Waals surface area (Å²) in [6.45, 7) is 0.666. The van der Waals surface area contributed by atoms with Crippen molar-refractivity contribution in [2.24, 2.45) is 0 Å². The number of anilines is 1. The van der Waals surface area contributed by atoms with Crippen LogP contribution < -0.4 is 10.1 Å². The molecule has 2 heterocycles. The summed E-state index contributed by atoms with van der Waals surface area (Å²) >= 11 is 6.03. The molecule has 0 fully saturated rings. The largest absolute Gasteiger partial charge is 0.493 e. The van der Waals surface area contributed by atoms with Crippen LogP contribution in [0.25, 0.3) is 0 Å². The third-order valence-corrected chi connectivity index (χ3v) is 3.72. The molecule has 0 aliphatic carbocycles. The Morgan fingerprint density at radius 2 is 2.29 bits per heavy atom. The Kier molecular flexibility index (Phi) is 3.94. The highest BCUT2D eigenvalue weighted by molar-refractivity contribution is 6.30. The summed E-state index contributed by atoms with van der Waals surface area (Å²) in [7, 11) is 0. The lowest BCUT2D eigenvalue weighted by molar-refractivity contribution is 0.316. The minimum Gasteiger partial charge on any atom is -0.493 e. The van der Waals surface area contributed by atoms with Crippen LogP contribution in [0.4, 0.5) is 5.82 Å². The van der Waals surface area contributed by atoms with Gasteiger partial charge in [0.05, 0.1) is 18.2 Å². The number of pyridine rings is 1. The molecule has 0 radical (unpaired) electrons. The molecule has 0 bridgehead atoms. The topological polar surface area (TPSA) is 57.9 Å². The number of nitriles is 1. The molecule has 1 N–H and O–H groups in total. The lowest BCUT2D eigenvalue weighted by Crippen LogP contribution is -2.12. The first-order valence-electron chi connectivity index (χ1n) is 6.82. The van der Waals surface area contributed by atoms with E-state index in [2.05, 4.69) is 16.4 Å². The number of hydrogen-bond acceptors (Lipinski definition) is 4. The molecule has 1 aromatic carbocycles. The van der Waals surface area contributed by atoms with Gasteiger partial charge in [0.15, 0.2) is 0 Å². The van der Waals surface area contributed by atoms with Gasteiger partial charge in [0.2, 0.25) is 0 Å². The third kappa shape index (κ3) is 2.93. The van der Waals surface area contributed by atoms with E-state index in [0.29, 0.717) is 23.0 Å². The van der Waals surface area contributed by atoms with E-state index in [0.717, 1.165) is 24.2 Å². The number of aromatic nitrogens is 1. The van der Waals surface area contributed by atoms with E-state index < -0.39 is 0 Å². The Morgan fingerprint density at radius 1 is 1.38 bits per heavy atom. The summed E-state index contributed by atoms with van der Waals surface area (Å²) in [6, 6.07) is 11.4. The number of nitrogens with one attached hydrogen (secondary N) is 1. The number of hydrogen-bond donors (Lipinski definition) is 1. The van der Waals surface area contributed by atoms with E-state index >= 15 is 0 Å². The van der Waals surface area contributed by atoms with Gasteiger partial charge in [0.25, 0.3) is 0 Å². The zero-order valence-electron chi connectivity index (χ0n) is 11.3. The monoisotopic (exact) mass is 299 g/mol. The van der Waals surface area contributed by atoms with Crippen LogP contribution in [0, 0.1) is 11.3 Å². The standard InChI is InChI=1S/C16H14ClN3O/c17-12-5-6-13-14(4-2-8-21-15(13)9-12)20-16-11(10-18)3-1-7-19-16/h1,3,5-7,9,14H,2,4,8H2,(H,19,20). The van der Waals surface area contributed by atoms with E-state index in [4.69, 9.17) is 21.6 Å². The van der Waals surface area contributed by atoms with Crippen molar-refractivity contribution < 1.29 is 4.74 Å². The van der Waals surface area contributed by atoms with Crippen LogP contribution in [0.3, 0.4) is 0 Å². The van der Waals surface area contributed by atoms with Gasteiger partial charge >= 0.3 is 0 Å². The van der Waals surface area contributed by atoms with Crippen LogP contribution in [0.2, 0.25) is 5.02 Å². The number of benzene rings is 1. The predicted molar refractivity (Wildman–Crippen MR) is 81.5 cm³/mol. The minimum absolute atomic E-state index is 0.0572. The van der Waals surface area contributed by atoms with Crippen molar-refractivity contribution in [2.45, 2.75) is 18.9 Å². The van der Waals surface area contributed by atoms with E-state index in [9.17, 15) is 0 Å². The average molecular weight is 300 g/mol. The number of fused-ring (bicyclic) bond motifs is 1. The van der Waals surface area contributed by atoms with Crippen molar-refractivity contribution in [3.05, 3.63) is 52.7 Å². The lowest BCUT2D eigenvalue weighted by atomic mass is 10.0. The quantitative estimate of drug-likeness (QED) is 0.912. The highest BCUT2D eigenvalue weighted by Crippen LogP contribution is 2.35. The molecule has 2 aromatic rings. The van der Waals surface area contributed by atoms with Gasteiger partial charge in [0, 0.05) is 16.8 Å². The highest BCUT2D eigenvalue weighted by atomic mass is 35.5. The van der Waals surface area contributed by atoms with Crippen molar-refractivity contribution in [3.63, 3.8) is 0 Å². The summed E-state index contributed by atoms with van der Waals surface area (Å²) in [5.41, 5.74) is 1.59. The van der Waals surface area contributed by atoms with Gasteiger partial charge < -0.3 is 10.1 Å². The molecule has 3 rings (SSSR count). The highest BCUT2D eigenvalue weighted by Gasteiger charge is 2.21. The maximum atomic E-state index is 9.16. The molecular formula is C16H14ClN3O. The molecule has 1 aromatic heterocycles. The Bertz CT molecular complexity index is 696. The fraction of sp³-hybridized carbons (Fsp3) is 0.250. The summed E-state index contributed by atoms with van der Waals surface area (Å²) < 4.78 is 5.74. The zero-order valence-corrected chi connectivity index (χ0v) is 12.1. The smallest absolute Gasteiger partial charge is 0.144 e. The van der Waals surface area contributed by atoms with Crippen molar-refractivity contribution in [1.29, 1.82) is 5.26 Å². The van der Waals surface area contributed by atoms with E-state index in [-0.39, 0.29) is 6.04 Å².